The largest absolute Gasteiger partial charge is 0.393 e. The van der Waals surface area contributed by atoms with Crippen LogP contribution in [0.1, 0.15) is 19.8 Å². The summed E-state index contributed by atoms with van der Waals surface area (Å²) >= 11 is 0. The normalized spacial score (nSPS) is 27.2. The third-order valence-corrected chi connectivity index (χ3v) is 3.29. The van der Waals surface area contributed by atoms with Gasteiger partial charge in [-0.1, -0.05) is 6.92 Å². The molecule has 1 heterocycles. The summed E-state index contributed by atoms with van der Waals surface area (Å²) in [5, 5.41) is 9.75. The lowest BCUT2D eigenvalue weighted by molar-refractivity contribution is 0.00661. The maximum atomic E-state index is 9.75. The van der Waals surface area contributed by atoms with Crippen LogP contribution >= 0.6 is 0 Å². The SMILES string of the molecule is CCC1CN(CCOCCOC)CCC1O. The molecule has 0 aromatic heterocycles. The van der Waals surface area contributed by atoms with Crippen molar-refractivity contribution in [3.05, 3.63) is 0 Å². The predicted octanol–water partition coefficient (Wildman–Crippen LogP) is 0.742. The van der Waals surface area contributed by atoms with E-state index in [2.05, 4.69) is 11.8 Å². The van der Waals surface area contributed by atoms with Gasteiger partial charge in [0.1, 0.15) is 0 Å². The van der Waals surface area contributed by atoms with Crippen LogP contribution in [0.4, 0.5) is 0 Å². The number of ether oxygens (including phenoxy) is 2. The van der Waals surface area contributed by atoms with E-state index in [1.165, 1.54) is 0 Å². The lowest BCUT2D eigenvalue weighted by atomic mass is 9.92. The topological polar surface area (TPSA) is 41.9 Å². The summed E-state index contributed by atoms with van der Waals surface area (Å²) in [4.78, 5) is 2.38. The Morgan fingerprint density at radius 3 is 2.81 bits per heavy atom. The molecule has 0 aromatic rings. The highest BCUT2D eigenvalue weighted by Gasteiger charge is 2.25. The fourth-order valence-corrected chi connectivity index (χ4v) is 2.14. The first-order chi connectivity index (χ1) is 7.77. The van der Waals surface area contributed by atoms with Gasteiger partial charge in [-0.3, -0.25) is 0 Å². The van der Waals surface area contributed by atoms with Crippen LogP contribution < -0.4 is 0 Å². The van der Waals surface area contributed by atoms with Gasteiger partial charge in [0.05, 0.1) is 25.9 Å². The Hall–Kier alpha value is -0.160. The average molecular weight is 231 g/mol. The molecule has 4 nitrogen and oxygen atoms in total. The Labute approximate surface area is 98.5 Å². The maximum Gasteiger partial charge on any atom is 0.0700 e. The van der Waals surface area contributed by atoms with Crippen molar-refractivity contribution in [1.29, 1.82) is 0 Å². The minimum Gasteiger partial charge on any atom is -0.393 e. The molecular formula is C12H25NO3. The van der Waals surface area contributed by atoms with E-state index >= 15 is 0 Å². The summed E-state index contributed by atoms with van der Waals surface area (Å²) in [7, 11) is 1.68. The molecule has 0 radical (unpaired) electrons. The van der Waals surface area contributed by atoms with Crippen molar-refractivity contribution in [2.45, 2.75) is 25.9 Å². The number of aliphatic hydroxyl groups excluding tert-OH is 1. The quantitative estimate of drug-likeness (QED) is 0.656. The molecule has 0 aliphatic carbocycles. The Morgan fingerprint density at radius 1 is 1.31 bits per heavy atom. The zero-order chi connectivity index (χ0) is 11.8. The van der Waals surface area contributed by atoms with Crippen LogP contribution in [0.25, 0.3) is 0 Å². The van der Waals surface area contributed by atoms with Crippen molar-refractivity contribution < 1.29 is 14.6 Å². The van der Waals surface area contributed by atoms with Crippen LogP contribution in [0.3, 0.4) is 0 Å². The van der Waals surface area contributed by atoms with Crippen molar-refractivity contribution in [3.8, 4) is 0 Å². The molecule has 96 valence electrons. The number of hydrogen-bond acceptors (Lipinski definition) is 4. The molecule has 2 atom stereocenters. The summed E-state index contributed by atoms with van der Waals surface area (Å²) in [6, 6.07) is 0. The second-order valence-electron chi connectivity index (χ2n) is 4.43. The Kier molecular flexibility index (Phi) is 6.96. The minimum atomic E-state index is -0.101. The van der Waals surface area contributed by atoms with Gasteiger partial charge >= 0.3 is 0 Å². The Balaban J connectivity index is 2.08. The number of aliphatic hydroxyl groups is 1. The zero-order valence-electron chi connectivity index (χ0n) is 10.5. The van der Waals surface area contributed by atoms with Gasteiger partial charge in [-0.05, 0) is 18.8 Å². The molecule has 1 N–H and O–H groups in total. The number of likely N-dealkylation sites (tertiary alicyclic amines) is 1. The second-order valence-corrected chi connectivity index (χ2v) is 4.43. The van der Waals surface area contributed by atoms with Crippen LogP contribution in [0.5, 0.6) is 0 Å². The van der Waals surface area contributed by atoms with Crippen molar-refractivity contribution in [2.75, 3.05) is 46.6 Å². The lowest BCUT2D eigenvalue weighted by Crippen LogP contribution is -2.44. The summed E-state index contributed by atoms with van der Waals surface area (Å²) in [6.07, 6.45) is 1.86. The van der Waals surface area contributed by atoms with E-state index in [0.29, 0.717) is 19.1 Å². The highest BCUT2D eigenvalue weighted by atomic mass is 16.5. The number of methoxy groups -OCH3 is 1. The minimum absolute atomic E-state index is 0.101. The monoisotopic (exact) mass is 231 g/mol. The van der Waals surface area contributed by atoms with Gasteiger partial charge in [0, 0.05) is 26.7 Å². The van der Waals surface area contributed by atoms with Gasteiger partial charge in [-0.2, -0.15) is 0 Å². The molecule has 2 unspecified atom stereocenters. The van der Waals surface area contributed by atoms with Gasteiger partial charge in [-0.25, -0.2) is 0 Å². The third kappa shape index (κ3) is 4.78. The first kappa shape index (κ1) is 13.9. The molecule has 1 rings (SSSR count). The summed E-state index contributed by atoms with van der Waals surface area (Å²) < 4.78 is 10.4. The average Bonchev–Trinajstić information content (AvgIpc) is 2.31. The van der Waals surface area contributed by atoms with Gasteiger partial charge in [-0.15, -0.1) is 0 Å². The van der Waals surface area contributed by atoms with Crippen LogP contribution in [-0.4, -0.2) is 62.7 Å². The second kappa shape index (κ2) is 8.01. The van der Waals surface area contributed by atoms with Crippen LogP contribution in [-0.2, 0) is 9.47 Å². The molecule has 0 aromatic carbocycles. The van der Waals surface area contributed by atoms with E-state index in [1.807, 2.05) is 0 Å². The lowest BCUT2D eigenvalue weighted by Gasteiger charge is -2.35. The molecule has 0 spiro atoms. The summed E-state index contributed by atoms with van der Waals surface area (Å²) in [5.41, 5.74) is 0. The number of nitrogens with zero attached hydrogens (tertiary/aromatic N) is 1. The number of hydrogen-bond donors (Lipinski definition) is 1. The van der Waals surface area contributed by atoms with Crippen molar-refractivity contribution in [3.63, 3.8) is 0 Å². The molecule has 1 aliphatic rings. The van der Waals surface area contributed by atoms with E-state index in [9.17, 15) is 5.11 Å². The van der Waals surface area contributed by atoms with E-state index in [0.717, 1.165) is 39.1 Å². The predicted molar refractivity (Wildman–Crippen MR) is 63.5 cm³/mol. The fourth-order valence-electron chi connectivity index (χ4n) is 2.14. The maximum absolute atomic E-state index is 9.75. The molecule has 1 aliphatic heterocycles. The van der Waals surface area contributed by atoms with Crippen LogP contribution in [0.2, 0.25) is 0 Å². The first-order valence-corrected chi connectivity index (χ1v) is 6.25. The standard InChI is InChI=1S/C12H25NO3/c1-3-11-10-13(5-4-12(11)14)6-7-16-9-8-15-2/h11-12,14H,3-10H2,1-2H3. The zero-order valence-corrected chi connectivity index (χ0v) is 10.5. The smallest absolute Gasteiger partial charge is 0.0700 e. The third-order valence-electron chi connectivity index (χ3n) is 3.29. The summed E-state index contributed by atoms with van der Waals surface area (Å²) in [6.45, 7) is 7.20. The molecule has 0 saturated carbocycles. The Bertz CT molecular complexity index is 178. The highest BCUT2D eigenvalue weighted by molar-refractivity contribution is 4.78. The molecule has 0 bridgehead atoms. The van der Waals surface area contributed by atoms with Crippen molar-refractivity contribution in [2.24, 2.45) is 5.92 Å². The van der Waals surface area contributed by atoms with Crippen molar-refractivity contribution >= 4 is 0 Å². The van der Waals surface area contributed by atoms with Gasteiger partial charge in [0.25, 0.3) is 0 Å². The molecule has 4 heteroatoms. The van der Waals surface area contributed by atoms with E-state index in [-0.39, 0.29) is 6.10 Å². The molecule has 16 heavy (non-hydrogen) atoms. The van der Waals surface area contributed by atoms with Gasteiger partial charge < -0.3 is 19.5 Å². The molecule has 0 amide bonds. The fraction of sp³-hybridized carbons (Fsp3) is 1.00. The van der Waals surface area contributed by atoms with E-state index in [1.54, 1.807) is 7.11 Å². The number of rotatable bonds is 7. The van der Waals surface area contributed by atoms with Crippen LogP contribution in [0, 0.1) is 5.92 Å². The molecule has 1 saturated heterocycles. The molecular weight excluding hydrogens is 206 g/mol. The first-order valence-electron chi connectivity index (χ1n) is 6.25. The van der Waals surface area contributed by atoms with E-state index in [4.69, 9.17) is 9.47 Å². The molecule has 1 fully saturated rings. The Morgan fingerprint density at radius 2 is 2.12 bits per heavy atom. The van der Waals surface area contributed by atoms with Gasteiger partial charge in [0.15, 0.2) is 0 Å². The summed E-state index contributed by atoms with van der Waals surface area (Å²) in [5.74, 6) is 0.438. The highest BCUT2D eigenvalue weighted by Crippen LogP contribution is 2.19. The van der Waals surface area contributed by atoms with Gasteiger partial charge in [0.2, 0.25) is 0 Å². The van der Waals surface area contributed by atoms with Crippen molar-refractivity contribution in [1.82, 2.24) is 4.90 Å². The number of piperidine rings is 1. The van der Waals surface area contributed by atoms with Crippen LogP contribution in [0.15, 0.2) is 0 Å². The van der Waals surface area contributed by atoms with E-state index < -0.39 is 0 Å².